The average Bonchev–Trinajstić information content (AvgIpc) is 2.94. The van der Waals surface area contributed by atoms with Gasteiger partial charge < -0.3 is 15.8 Å². The number of amides is 1. The van der Waals surface area contributed by atoms with Crippen LogP contribution in [0.25, 0.3) is 11.4 Å². The van der Waals surface area contributed by atoms with Crippen LogP contribution in [0.2, 0.25) is 0 Å². The monoisotopic (exact) mass is 389 g/mol. The van der Waals surface area contributed by atoms with Crippen molar-refractivity contribution in [3.63, 3.8) is 0 Å². The number of benzene rings is 1. The molecule has 0 saturated heterocycles. The van der Waals surface area contributed by atoms with Gasteiger partial charge in [-0.15, -0.1) is 12.4 Å². The lowest BCUT2D eigenvalue weighted by atomic mass is 10.2. The predicted octanol–water partition coefficient (Wildman–Crippen LogP) is 1.25. The first-order valence-corrected chi connectivity index (χ1v) is 7.09. The number of carbonyl (C=O) groups excluding carboxylic acids is 1. The van der Waals surface area contributed by atoms with Crippen LogP contribution in [0.15, 0.2) is 28.7 Å². The first-order chi connectivity index (χ1) is 10.1. The number of halogens is 2. The van der Waals surface area contributed by atoms with Gasteiger partial charge in [-0.2, -0.15) is 5.10 Å². The molecule has 0 saturated carbocycles. The molecule has 2 rings (SSSR count). The van der Waals surface area contributed by atoms with Crippen LogP contribution in [0, 0.1) is 0 Å². The normalized spacial score (nSPS) is 11.6. The highest BCUT2D eigenvalue weighted by Crippen LogP contribution is 2.18. The fourth-order valence-electron chi connectivity index (χ4n) is 1.66. The number of ether oxygens (including phenoxy) is 1. The van der Waals surface area contributed by atoms with Gasteiger partial charge in [0.1, 0.15) is 11.9 Å². The molecule has 0 aliphatic heterocycles. The number of rotatable bonds is 6. The van der Waals surface area contributed by atoms with Crippen LogP contribution in [0.5, 0.6) is 0 Å². The van der Waals surface area contributed by atoms with Gasteiger partial charge in [-0.3, -0.25) is 9.89 Å². The quantitative estimate of drug-likeness (QED) is 0.688. The Kier molecular flexibility index (Phi) is 7.46. The van der Waals surface area contributed by atoms with Crippen molar-refractivity contribution in [2.45, 2.75) is 12.6 Å². The SMILES string of the molecule is COCC(N)C(=O)NCc1nc(-c2ccc(Br)cc2)n[nH]1.Cl. The van der Waals surface area contributed by atoms with Crippen LogP contribution in [-0.2, 0) is 16.1 Å². The van der Waals surface area contributed by atoms with Crippen molar-refractivity contribution in [3.8, 4) is 11.4 Å². The van der Waals surface area contributed by atoms with Gasteiger partial charge in [0, 0.05) is 17.1 Å². The maximum Gasteiger partial charge on any atom is 0.239 e. The number of nitrogens with zero attached hydrogens (tertiary/aromatic N) is 2. The third-order valence-electron chi connectivity index (χ3n) is 2.75. The zero-order valence-corrected chi connectivity index (χ0v) is 14.3. The first kappa shape index (κ1) is 18.6. The van der Waals surface area contributed by atoms with Crippen molar-refractivity contribution in [1.82, 2.24) is 20.5 Å². The zero-order valence-electron chi connectivity index (χ0n) is 11.9. The Morgan fingerprint density at radius 3 is 2.77 bits per heavy atom. The molecule has 0 fully saturated rings. The summed E-state index contributed by atoms with van der Waals surface area (Å²) < 4.78 is 5.81. The summed E-state index contributed by atoms with van der Waals surface area (Å²) in [6, 6.07) is 6.95. The second-order valence-electron chi connectivity index (χ2n) is 4.39. The van der Waals surface area contributed by atoms with Crippen molar-refractivity contribution < 1.29 is 9.53 Å². The first-order valence-electron chi connectivity index (χ1n) is 6.29. The van der Waals surface area contributed by atoms with Crippen molar-refractivity contribution in [1.29, 1.82) is 0 Å². The molecule has 1 aromatic carbocycles. The maximum absolute atomic E-state index is 11.6. The molecule has 0 bridgehead atoms. The minimum Gasteiger partial charge on any atom is -0.383 e. The molecule has 0 aliphatic carbocycles. The van der Waals surface area contributed by atoms with Gasteiger partial charge in [-0.25, -0.2) is 4.98 Å². The van der Waals surface area contributed by atoms with E-state index in [2.05, 4.69) is 36.4 Å². The molecule has 120 valence electrons. The van der Waals surface area contributed by atoms with E-state index in [0.717, 1.165) is 10.0 Å². The predicted molar refractivity (Wildman–Crippen MR) is 88.5 cm³/mol. The molecule has 1 amide bonds. The van der Waals surface area contributed by atoms with Crippen molar-refractivity contribution >= 4 is 34.2 Å². The van der Waals surface area contributed by atoms with E-state index in [9.17, 15) is 4.79 Å². The Bertz CT molecular complexity index is 605. The number of methoxy groups -OCH3 is 1. The summed E-state index contributed by atoms with van der Waals surface area (Å²) in [5, 5.41) is 9.57. The van der Waals surface area contributed by atoms with E-state index in [-0.39, 0.29) is 31.5 Å². The Morgan fingerprint density at radius 2 is 2.14 bits per heavy atom. The summed E-state index contributed by atoms with van der Waals surface area (Å²) in [7, 11) is 1.49. The zero-order chi connectivity index (χ0) is 15.2. The molecule has 0 radical (unpaired) electrons. The Balaban J connectivity index is 0.00000242. The van der Waals surface area contributed by atoms with E-state index in [4.69, 9.17) is 10.5 Å². The maximum atomic E-state index is 11.6. The summed E-state index contributed by atoms with van der Waals surface area (Å²) in [6.07, 6.45) is 0. The number of nitrogens with one attached hydrogen (secondary N) is 2. The number of carbonyl (C=O) groups is 1. The molecule has 2 aromatic rings. The minimum atomic E-state index is -0.691. The number of hydrogen-bond donors (Lipinski definition) is 3. The average molecular weight is 391 g/mol. The number of H-pyrrole nitrogens is 1. The van der Waals surface area contributed by atoms with Crippen LogP contribution in [0.3, 0.4) is 0 Å². The molecule has 0 aliphatic rings. The summed E-state index contributed by atoms with van der Waals surface area (Å²) in [5.74, 6) is 0.845. The highest BCUT2D eigenvalue weighted by atomic mass is 79.9. The van der Waals surface area contributed by atoms with Crippen molar-refractivity contribution in [3.05, 3.63) is 34.6 Å². The molecular weight excluding hydrogens is 374 g/mol. The Labute approximate surface area is 142 Å². The lowest BCUT2D eigenvalue weighted by molar-refractivity contribution is -0.123. The molecule has 1 atom stereocenters. The third kappa shape index (κ3) is 5.06. The summed E-state index contributed by atoms with van der Waals surface area (Å²) in [4.78, 5) is 16.0. The van der Waals surface area contributed by atoms with Crippen molar-refractivity contribution in [2.24, 2.45) is 5.73 Å². The van der Waals surface area contributed by atoms with Gasteiger partial charge in [0.25, 0.3) is 0 Å². The molecular formula is C13H17BrClN5O2. The van der Waals surface area contributed by atoms with E-state index in [1.807, 2.05) is 24.3 Å². The molecule has 1 unspecified atom stereocenters. The second kappa shape index (κ2) is 8.84. The molecule has 1 aromatic heterocycles. The summed E-state index contributed by atoms with van der Waals surface area (Å²) in [5.41, 5.74) is 6.51. The number of nitrogens with two attached hydrogens (primary N) is 1. The standard InChI is InChI=1S/C13H16BrN5O2.ClH/c1-21-7-10(15)13(20)16-6-11-17-12(19-18-11)8-2-4-9(14)5-3-8;/h2-5,10H,6-7,15H2,1H3,(H,16,20)(H,17,18,19);1H. The van der Waals surface area contributed by atoms with Gasteiger partial charge in [-0.05, 0) is 12.1 Å². The van der Waals surface area contributed by atoms with Crippen molar-refractivity contribution in [2.75, 3.05) is 13.7 Å². The molecule has 4 N–H and O–H groups in total. The Hall–Kier alpha value is -1.48. The van der Waals surface area contributed by atoms with E-state index in [1.165, 1.54) is 7.11 Å². The van der Waals surface area contributed by atoms with Crippen LogP contribution in [-0.4, -0.2) is 40.8 Å². The third-order valence-corrected chi connectivity index (χ3v) is 3.28. The van der Waals surface area contributed by atoms with Gasteiger partial charge in [0.2, 0.25) is 5.91 Å². The lowest BCUT2D eigenvalue weighted by Crippen LogP contribution is -2.43. The fourth-order valence-corrected chi connectivity index (χ4v) is 1.92. The number of hydrogen-bond acceptors (Lipinski definition) is 5. The number of aromatic amines is 1. The van der Waals surface area contributed by atoms with E-state index in [0.29, 0.717) is 11.6 Å². The number of aromatic nitrogens is 3. The van der Waals surface area contributed by atoms with Crippen LogP contribution in [0.1, 0.15) is 5.82 Å². The topological polar surface area (TPSA) is 106 Å². The van der Waals surface area contributed by atoms with Crippen LogP contribution < -0.4 is 11.1 Å². The largest absolute Gasteiger partial charge is 0.383 e. The second-order valence-corrected chi connectivity index (χ2v) is 5.31. The molecule has 1 heterocycles. The Morgan fingerprint density at radius 1 is 1.45 bits per heavy atom. The molecule has 22 heavy (non-hydrogen) atoms. The van der Waals surface area contributed by atoms with Gasteiger partial charge >= 0.3 is 0 Å². The van der Waals surface area contributed by atoms with Gasteiger partial charge in [0.15, 0.2) is 5.82 Å². The van der Waals surface area contributed by atoms with E-state index >= 15 is 0 Å². The smallest absolute Gasteiger partial charge is 0.239 e. The van der Waals surface area contributed by atoms with Gasteiger partial charge in [-0.1, -0.05) is 28.1 Å². The molecule has 7 nitrogen and oxygen atoms in total. The van der Waals surface area contributed by atoms with Gasteiger partial charge in [0.05, 0.1) is 13.2 Å². The highest BCUT2D eigenvalue weighted by molar-refractivity contribution is 9.10. The lowest BCUT2D eigenvalue weighted by Gasteiger charge is -2.09. The van der Waals surface area contributed by atoms with Crippen LogP contribution >= 0.6 is 28.3 Å². The minimum absolute atomic E-state index is 0. The van der Waals surface area contributed by atoms with Crippen LogP contribution in [0.4, 0.5) is 0 Å². The molecule has 9 heteroatoms. The van der Waals surface area contributed by atoms with E-state index < -0.39 is 6.04 Å². The summed E-state index contributed by atoms with van der Waals surface area (Å²) in [6.45, 7) is 0.409. The fraction of sp³-hybridized carbons (Fsp3) is 0.308. The highest BCUT2D eigenvalue weighted by Gasteiger charge is 2.13. The summed E-state index contributed by atoms with van der Waals surface area (Å²) >= 11 is 3.37. The molecule has 0 spiro atoms. The van der Waals surface area contributed by atoms with E-state index in [1.54, 1.807) is 0 Å².